The maximum Gasteiger partial charge on any atom is 0.193 e. The van der Waals surface area contributed by atoms with Crippen LogP contribution < -0.4 is 5.32 Å². The van der Waals surface area contributed by atoms with E-state index in [0.29, 0.717) is 18.5 Å². The number of benzene rings is 1. The van der Waals surface area contributed by atoms with Gasteiger partial charge >= 0.3 is 0 Å². The van der Waals surface area contributed by atoms with Gasteiger partial charge in [-0.05, 0) is 24.0 Å². The molecule has 5 nitrogen and oxygen atoms in total. The van der Waals surface area contributed by atoms with E-state index in [1.807, 2.05) is 50.0 Å². The Labute approximate surface area is 171 Å². The molecule has 1 aromatic carbocycles. The molecule has 1 N–H and O–H groups in total. The normalized spacial score (nSPS) is 20.9. The summed E-state index contributed by atoms with van der Waals surface area (Å²) in [7, 11) is 1.83. The van der Waals surface area contributed by atoms with Gasteiger partial charge in [-0.2, -0.15) is 0 Å². The monoisotopic (exact) mass is 473 g/mol. The van der Waals surface area contributed by atoms with E-state index in [1.165, 1.54) is 0 Å². The van der Waals surface area contributed by atoms with Gasteiger partial charge in [-0.3, -0.25) is 4.99 Å². The quantitative estimate of drug-likeness (QED) is 0.419. The van der Waals surface area contributed by atoms with Crippen molar-refractivity contribution >= 4 is 41.5 Å². The highest BCUT2D eigenvalue weighted by molar-refractivity contribution is 14.0. The molecular formula is C18H25ClIN5. The van der Waals surface area contributed by atoms with Crippen molar-refractivity contribution in [2.24, 2.45) is 10.9 Å². The van der Waals surface area contributed by atoms with Crippen molar-refractivity contribution in [2.75, 3.05) is 20.1 Å². The average Bonchev–Trinajstić information content (AvgIpc) is 3.12. The number of rotatable bonds is 3. The number of aromatic nitrogens is 2. The Morgan fingerprint density at radius 3 is 2.88 bits per heavy atom. The fourth-order valence-corrected chi connectivity index (χ4v) is 3.45. The molecule has 1 saturated heterocycles. The molecule has 0 bridgehead atoms. The minimum Gasteiger partial charge on any atom is -0.352 e. The van der Waals surface area contributed by atoms with Gasteiger partial charge in [0.05, 0.1) is 12.4 Å². The molecule has 1 aromatic heterocycles. The topological polar surface area (TPSA) is 45.5 Å². The van der Waals surface area contributed by atoms with Gasteiger partial charge < -0.3 is 14.8 Å². The number of hydrogen-bond donors (Lipinski definition) is 1. The van der Waals surface area contributed by atoms with Crippen LogP contribution >= 0.6 is 35.6 Å². The number of nitrogens with one attached hydrogen (secondary N) is 1. The number of likely N-dealkylation sites (tertiary alicyclic amines) is 1. The van der Waals surface area contributed by atoms with Crippen molar-refractivity contribution in [2.45, 2.75) is 25.9 Å². The first-order valence-corrected chi connectivity index (χ1v) is 8.73. The molecule has 0 amide bonds. The van der Waals surface area contributed by atoms with Crippen LogP contribution in [0, 0.1) is 5.92 Å². The second kappa shape index (κ2) is 9.43. The summed E-state index contributed by atoms with van der Waals surface area (Å²) >= 11 is 6.24. The van der Waals surface area contributed by atoms with E-state index in [2.05, 4.69) is 31.7 Å². The van der Waals surface area contributed by atoms with E-state index >= 15 is 0 Å². The molecule has 136 valence electrons. The van der Waals surface area contributed by atoms with Crippen LogP contribution in [0.1, 0.15) is 24.9 Å². The summed E-state index contributed by atoms with van der Waals surface area (Å²) < 4.78 is 2.21. The lowest BCUT2D eigenvalue weighted by molar-refractivity contribution is 0.189. The largest absolute Gasteiger partial charge is 0.352 e. The summed E-state index contributed by atoms with van der Waals surface area (Å²) in [5, 5.41) is 4.23. The van der Waals surface area contributed by atoms with Gasteiger partial charge in [0.25, 0.3) is 0 Å². The number of guanidine groups is 1. The maximum absolute atomic E-state index is 6.24. The molecular weight excluding hydrogens is 449 g/mol. The van der Waals surface area contributed by atoms with E-state index in [-0.39, 0.29) is 24.0 Å². The van der Waals surface area contributed by atoms with Gasteiger partial charge in [-0.1, -0.05) is 36.7 Å². The molecule has 0 saturated carbocycles. The van der Waals surface area contributed by atoms with E-state index in [9.17, 15) is 0 Å². The van der Waals surface area contributed by atoms with Gasteiger partial charge in [0.15, 0.2) is 5.96 Å². The van der Waals surface area contributed by atoms with Crippen LogP contribution in [0.3, 0.4) is 0 Å². The first kappa shape index (κ1) is 20.0. The Bertz CT molecular complexity index is 689. The molecule has 0 spiro atoms. The second-order valence-electron chi connectivity index (χ2n) is 6.28. The highest BCUT2D eigenvalue weighted by Gasteiger charge is 2.28. The Morgan fingerprint density at radius 1 is 1.40 bits per heavy atom. The van der Waals surface area contributed by atoms with Crippen molar-refractivity contribution in [3.8, 4) is 0 Å². The first-order valence-electron chi connectivity index (χ1n) is 8.35. The van der Waals surface area contributed by atoms with Crippen molar-refractivity contribution in [1.29, 1.82) is 0 Å². The lowest BCUT2D eigenvalue weighted by atomic mass is 9.93. The van der Waals surface area contributed by atoms with E-state index < -0.39 is 0 Å². The summed E-state index contributed by atoms with van der Waals surface area (Å²) in [6, 6.07) is 8.32. The molecule has 2 atom stereocenters. The zero-order valence-corrected chi connectivity index (χ0v) is 17.7. The van der Waals surface area contributed by atoms with Crippen molar-refractivity contribution in [3.05, 3.63) is 53.6 Å². The number of hydrogen-bond acceptors (Lipinski definition) is 2. The summed E-state index contributed by atoms with van der Waals surface area (Å²) in [5.74, 6) is 1.55. The smallest absolute Gasteiger partial charge is 0.193 e. The van der Waals surface area contributed by atoms with E-state index in [1.54, 1.807) is 0 Å². The maximum atomic E-state index is 6.24. The zero-order valence-electron chi connectivity index (χ0n) is 14.6. The summed E-state index contributed by atoms with van der Waals surface area (Å²) in [6.45, 7) is 4.92. The average molecular weight is 474 g/mol. The Kier molecular flexibility index (Phi) is 7.56. The number of imidazole rings is 1. The molecule has 0 aliphatic carbocycles. The number of piperidine rings is 1. The lowest BCUT2D eigenvalue weighted by Crippen LogP contribution is -2.48. The summed E-state index contributed by atoms with van der Waals surface area (Å²) in [6.07, 6.45) is 6.93. The predicted octanol–water partition coefficient (Wildman–Crippen LogP) is 3.81. The van der Waals surface area contributed by atoms with Gasteiger partial charge in [0.2, 0.25) is 0 Å². The molecule has 2 unspecified atom stereocenters. The molecule has 0 radical (unpaired) electrons. The Balaban J connectivity index is 0.00000225. The second-order valence-corrected chi connectivity index (χ2v) is 6.69. The van der Waals surface area contributed by atoms with Crippen LogP contribution in [0.2, 0.25) is 5.02 Å². The van der Waals surface area contributed by atoms with Crippen LogP contribution in [-0.4, -0.2) is 40.5 Å². The van der Waals surface area contributed by atoms with Crippen molar-refractivity contribution in [3.63, 3.8) is 0 Å². The van der Waals surface area contributed by atoms with E-state index in [4.69, 9.17) is 11.6 Å². The van der Waals surface area contributed by atoms with Gasteiger partial charge in [-0.15, -0.1) is 24.0 Å². The molecule has 2 heterocycles. The van der Waals surface area contributed by atoms with Gasteiger partial charge in [0, 0.05) is 44.1 Å². The minimum absolute atomic E-state index is 0. The number of aliphatic imine (C=N–C) groups is 1. The number of halogens is 2. The highest BCUT2D eigenvalue weighted by Crippen LogP contribution is 2.27. The van der Waals surface area contributed by atoms with Crippen LogP contribution in [0.4, 0.5) is 0 Å². The Hall–Kier alpha value is -1.28. The minimum atomic E-state index is 0. The lowest BCUT2D eigenvalue weighted by Gasteiger charge is -2.39. The third-order valence-corrected chi connectivity index (χ3v) is 5.10. The van der Waals surface area contributed by atoms with Gasteiger partial charge in [0.1, 0.15) is 0 Å². The summed E-state index contributed by atoms with van der Waals surface area (Å²) in [5.41, 5.74) is 1.08. The molecule has 1 aliphatic rings. The standard InChI is InChI=1S/C18H24ClN5.HI/c1-14-7-9-23(12-17(14)24-10-8-21-13-24)18(20-2)22-11-15-5-3-4-6-16(15)19;/h3-6,8,10,13-14,17H,7,9,11-12H2,1-2H3,(H,20,22);1H. The highest BCUT2D eigenvalue weighted by atomic mass is 127. The molecule has 2 aromatic rings. The fraction of sp³-hybridized carbons (Fsp3) is 0.444. The first-order chi connectivity index (χ1) is 11.7. The van der Waals surface area contributed by atoms with Crippen LogP contribution in [0.25, 0.3) is 0 Å². The molecule has 3 rings (SSSR count). The number of nitrogens with zero attached hydrogens (tertiary/aromatic N) is 4. The summed E-state index contributed by atoms with van der Waals surface area (Å²) in [4.78, 5) is 11.0. The SMILES string of the molecule is CN=C(NCc1ccccc1Cl)N1CCC(C)C(n2ccnc2)C1.I. The third-order valence-electron chi connectivity index (χ3n) is 4.73. The van der Waals surface area contributed by atoms with Gasteiger partial charge in [-0.25, -0.2) is 4.98 Å². The Morgan fingerprint density at radius 2 is 2.20 bits per heavy atom. The molecule has 7 heteroatoms. The van der Waals surface area contributed by atoms with Crippen LogP contribution in [0.15, 0.2) is 48.0 Å². The predicted molar refractivity (Wildman–Crippen MR) is 114 cm³/mol. The van der Waals surface area contributed by atoms with E-state index in [0.717, 1.165) is 36.1 Å². The van der Waals surface area contributed by atoms with Crippen LogP contribution in [0.5, 0.6) is 0 Å². The van der Waals surface area contributed by atoms with Crippen molar-refractivity contribution < 1.29 is 0 Å². The van der Waals surface area contributed by atoms with Crippen LogP contribution in [-0.2, 0) is 6.54 Å². The third kappa shape index (κ3) is 4.88. The molecule has 1 fully saturated rings. The molecule has 1 aliphatic heterocycles. The van der Waals surface area contributed by atoms with Crippen molar-refractivity contribution in [1.82, 2.24) is 19.8 Å². The zero-order chi connectivity index (χ0) is 16.9. The fourth-order valence-electron chi connectivity index (χ4n) is 3.24. The molecule has 25 heavy (non-hydrogen) atoms.